The van der Waals surface area contributed by atoms with E-state index >= 15 is 0 Å². The molecule has 0 radical (unpaired) electrons. The van der Waals surface area contributed by atoms with Gasteiger partial charge in [0.05, 0.1) is 22.3 Å². The molecular formula is C20H24N4O4S. The molecule has 2 amide bonds. The molecule has 1 aromatic carbocycles. The van der Waals surface area contributed by atoms with E-state index in [-0.39, 0.29) is 28.4 Å². The SMILES string of the molecule is CC(=O)Nc1ccc(S(=O)(=O)Nc2cncc(C(=O)NC3CCCCC3)c2)cc1. The molecule has 0 aliphatic heterocycles. The molecule has 1 fully saturated rings. The second-order valence-corrected chi connectivity index (χ2v) is 8.76. The van der Waals surface area contributed by atoms with E-state index in [9.17, 15) is 18.0 Å². The lowest BCUT2D eigenvalue weighted by atomic mass is 9.95. The van der Waals surface area contributed by atoms with Crippen LogP contribution in [-0.4, -0.2) is 31.3 Å². The Morgan fingerprint density at radius 1 is 1.00 bits per heavy atom. The third kappa shape index (κ3) is 5.77. The predicted molar refractivity (Wildman–Crippen MR) is 110 cm³/mol. The van der Waals surface area contributed by atoms with Gasteiger partial charge in [0, 0.05) is 24.8 Å². The molecule has 3 rings (SSSR count). The Morgan fingerprint density at radius 3 is 2.34 bits per heavy atom. The van der Waals surface area contributed by atoms with E-state index < -0.39 is 10.0 Å². The number of nitrogens with zero attached hydrogens (tertiary/aromatic N) is 1. The third-order valence-corrected chi connectivity index (χ3v) is 6.08. The van der Waals surface area contributed by atoms with Gasteiger partial charge in [-0.1, -0.05) is 19.3 Å². The van der Waals surface area contributed by atoms with E-state index in [4.69, 9.17) is 0 Å². The Hall–Kier alpha value is -2.94. The van der Waals surface area contributed by atoms with Crippen LogP contribution in [-0.2, 0) is 14.8 Å². The highest BCUT2D eigenvalue weighted by Crippen LogP contribution is 2.20. The molecule has 0 unspecified atom stereocenters. The van der Waals surface area contributed by atoms with Gasteiger partial charge in [-0.3, -0.25) is 19.3 Å². The van der Waals surface area contributed by atoms with Gasteiger partial charge in [0.1, 0.15) is 0 Å². The van der Waals surface area contributed by atoms with Gasteiger partial charge < -0.3 is 10.6 Å². The van der Waals surface area contributed by atoms with Gasteiger partial charge in [0.2, 0.25) is 5.91 Å². The summed E-state index contributed by atoms with van der Waals surface area (Å²) in [4.78, 5) is 27.6. The molecular weight excluding hydrogens is 392 g/mol. The standard InChI is InChI=1S/C20H24N4O4S/c1-14(25)22-17-7-9-19(10-8-17)29(27,28)24-18-11-15(12-21-13-18)20(26)23-16-5-3-2-4-6-16/h7-13,16,24H,2-6H2,1H3,(H,22,25)(H,23,26). The molecule has 8 nitrogen and oxygen atoms in total. The highest BCUT2D eigenvalue weighted by atomic mass is 32.2. The largest absolute Gasteiger partial charge is 0.349 e. The number of rotatable bonds is 6. The van der Waals surface area contributed by atoms with E-state index in [0.29, 0.717) is 11.3 Å². The number of hydrogen-bond acceptors (Lipinski definition) is 5. The molecule has 0 atom stereocenters. The average molecular weight is 417 g/mol. The van der Waals surface area contributed by atoms with Crippen molar-refractivity contribution in [3.05, 3.63) is 48.3 Å². The second-order valence-electron chi connectivity index (χ2n) is 7.08. The van der Waals surface area contributed by atoms with Gasteiger partial charge in [-0.25, -0.2) is 8.42 Å². The van der Waals surface area contributed by atoms with Crippen molar-refractivity contribution in [2.75, 3.05) is 10.0 Å². The number of nitrogens with one attached hydrogen (secondary N) is 3. The monoisotopic (exact) mass is 416 g/mol. The molecule has 29 heavy (non-hydrogen) atoms. The van der Waals surface area contributed by atoms with Crippen LogP contribution in [0, 0.1) is 0 Å². The number of hydrogen-bond donors (Lipinski definition) is 3. The van der Waals surface area contributed by atoms with Crippen LogP contribution in [0.4, 0.5) is 11.4 Å². The van der Waals surface area contributed by atoms with Crippen molar-refractivity contribution in [2.45, 2.75) is 50.0 Å². The van der Waals surface area contributed by atoms with E-state index in [1.54, 1.807) is 0 Å². The maximum Gasteiger partial charge on any atom is 0.261 e. The number of carbonyl (C=O) groups excluding carboxylic acids is 2. The van der Waals surface area contributed by atoms with Crippen molar-refractivity contribution in [3.63, 3.8) is 0 Å². The summed E-state index contributed by atoms with van der Waals surface area (Å²) in [5.74, 6) is -0.502. The van der Waals surface area contributed by atoms with Crippen LogP contribution in [0.5, 0.6) is 0 Å². The number of pyridine rings is 1. The lowest BCUT2D eigenvalue weighted by Gasteiger charge is -2.22. The number of benzene rings is 1. The molecule has 1 heterocycles. The maximum absolute atomic E-state index is 12.6. The van der Waals surface area contributed by atoms with Crippen LogP contribution in [0.25, 0.3) is 0 Å². The maximum atomic E-state index is 12.6. The first-order valence-corrected chi connectivity index (χ1v) is 11.0. The Labute approximate surface area is 170 Å². The fourth-order valence-corrected chi connectivity index (χ4v) is 4.30. The van der Waals surface area contributed by atoms with Crippen LogP contribution in [0.3, 0.4) is 0 Å². The zero-order valence-electron chi connectivity index (χ0n) is 16.1. The molecule has 9 heteroatoms. The molecule has 0 spiro atoms. The summed E-state index contributed by atoms with van der Waals surface area (Å²) in [6.07, 6.45) is 8.07. The normalized spacial score (nSPS) is 14.8. The van der Waals surface area contributed by atoms with Gasteiger partial charge in [0.15, 0.2) is 0 Å². The smallest absolute Gasteiger partial charge is 0.261 e. The van der Waals surface area contributed by atoms with Crippen molar-refractivity contribution in [3.8, 4) is 0 Å². The quantitative estimate of drug-likeness (QED) is 0.669. The fourth-order valence-electron chi connectivity index (χ4n) is 3.27. The summed E-state index contributed by atoms with van der Waals surface area (Å²) >= 11 is 0. The van der Waals surface area contributed by atoms with Crippen molar-refractivity contribution < 1.29 is 18.0 Å². The van der Waals surface area contributed by atoms with Gasteiger partial charge in [-0.15, -0.1) is 0 Å². The minimum atomic E-state index is -3.86. The first-order valence-electron chi connectivity index (χ1n) is 9.50. The Balaban J connectivity index is 1.69. The van der Waals surface area contributed by atoms with Crippen LogP contribution >= 0.6 is 0 Å². The molecule has 1 saturated carbocycles. The summed E-state index contributed by atoms with van der Waals surface area (Å²) in [7, 11) is -3.86. The fraction of sp³-hybridized carbons (Fsp3) is 0.350. The van der Waals surface area contributed by atoms with Gasteiger partial charge in [0.25, 0.3) is 15.9 Å². The summed E-state index contributed by atoms with van der Waals surface area (Å²) < 4.78 is 27.6. The van der Waals surface area contributed by atoms with E-state index in [2.05, 4.69) is 20.3 Å². The third-order valence-electron chi connectivity index (χ3n) is 4.68. The minimum absolute atomic E-state index is 0.0312. The number of sulfonamides is 1. The van der Waals surface area contributed by atoms with Crippen molar-refractivity contribution in [1.82, 2.24) is 10.3 Å². The Bertz CT molecular complexity index is 984. The minimum Gasteiger partial charge on any atom is -0.349 e. The number of amides is 2. The molecule has 1 aliphatic carbocycles. The van der Waals surface area contributed by atoms with E-state index in [1.165, 1.54) is 56.1 Å². The Kier molecular flexibility index (Phi) is 6.48. The van der Waals surface area contributed by atoms with Gasteiger partial charge in [-0.05, 0) is 43.2 Å². The van der Waals surface area contributed by atoms with Crippen molar-refractivity contribution >= 4 is 33.2 Å². The topological polar surface area (TPSA) is 117 Å². The van der Waals surface area contributed by atoms with Crippen LogP contribution in [0.1, 0.15) is 49.4 Å². The average Bonchev–Trinajstić information content (AvgIpc) is 2.68. The first-order chi connectivity index (χ1) is 13.8. The highest BCUT2D eigenvalue weighted by molar-refractivity contribution is 7.92. The molecule has 0 saturated heterocycles. The number of carbonyl (C=O) groups is 2. The highest BCUT2D eigenvalue weighted by Gasteiger charge is 2.19. The van der Waals surface area contributed by atoms with Crippen molar-refractivity contribution in [1.29, 1.82) is 0 Å². The molecule has 3 N–H and O–H groups in total. The van der Waals surface area contributed by atoms with E-state index in [1.807, 2.05) is 0 Å². The lowest BCUT2D eigenvalue weighted by molar-refractivity contribution is -0.114. The van der Waals surface area contributed by atoms with Gasteiger partial charge in [-0.2, -0.15) is 0 Å². The van der Waals surface area contributed by atoms with Crippen LogP contribution in [0.2, 0.25) is 0 Å². The summed E-state index contributed by atoms with van der Waals surface area (Å²) in [6, 6.07) is 7.40. The van der Waals surface area contributed by atoms with Crippen LogP contribution < -0.4 is 15.4 Å². The molecule has 0 bridgehead atoms. The lowest BCUT2D eigenvalue weighted by Crippen LogP contribution is -2.36. The van der Waals surface area contributed by atoms with Crippen molar-refractivity contribution in [2.24, 2.45) is 0 Å². The Morgan fingerprint density at radius 2 is 1.69 bits per heavy atom. The van der Waals surface area contributed by atoms with E-state index in [0.717, 1.165) is 25.7 Å². The molecule has 1 aliphatic rings. The number of anilines is 2. The predicted octanol–water partition coefficient (Wildman–Crippen LogP) is 2.90. The molecule has 1 aromatic heterocycles. The van der Waals surface area contributed by atoms with Gasteiger partial charge >= 0.3 is 0 Å². The second kappa shape index (κ2) is 9.04. The molecule has 2 aromatic rings. The summed E-state index contributed by atoms with van der Waals surface area (Å²) in [5, 5.41) is 5.57. The number of aromatic nitrogens is 1. The zero-order chi connectivity index (χ0) is 20.9. The summed E-state index contributed by atoms with van der Waals surface area (Å²) in [6.45, 7) is 1.37. The van der Waals surface area contributed by atoms with Crippen LogP contribution in [0.15, 0.2) is 47.6 Å². The first kappa shape index (κ1) is 20.8. The summed E-state index contributed by atoms with van der Waals surface area (Å²) in [5.41, 5.74) is 1.00. The molecule has 154 valence electrons. The zero-order valence-corrected chi connectivity index (χ0v) is 17.0.